The maximum Gasteiger partial charge on any atom is 0.184 e. The molecule has 1 aromatic rings. The summed E-state index contributed by atoms with van der Waals surface area (Å²) in [6, 6.07) is 3.56. The van der Waals surface area contributed by atoms with Gasteiger partial charge < -0.3 is 4.74 Å². The molecule has 0 amide bonds. The lowest BCUT2D eigenvalue weighted by atomic mass is 10.1. The maximum atomic E-state index is 11.8. The predicted octanol–water partition coefficient (Wildman–Crippen LogP) is 3.58. The summed E-state index contributed by atoms with van der Waals surface area (Å²) in [4.78, 5) is 11.8. The van der Waals surface area contributed by atoms with Gasteiger partial charge in [-0.2, -0.15) is 0 Å². The minimum absolute atomic E-state index is 0.130. The van der Waals surface area contributed by atoms with Crippen LogP contribution in [-0.4, -0.2) is 18.3 Å². The van der Waals surface area contributed by atoms with E-state index in [9.17, 15) is 4.79 Å². The van der Waals surface area contributed by atoms with Gasteiger partial charge in [-0.1, -0.05) is 15.9 Å². The van der Waals surface area contributed by atoms with Gasteiger partial charge in [0.1, 0.15) is 5.75 Å². The lowest BCUT2D eigenvalue weighted by Gasteiger charge is -2.11. The van der Waals surface area contributed by atoms with Crippen molar-refractivity contribution in [3.8, 4) is 5.75 Å². The Hall–Kier alpha value is -0.540. The molecule has 0 spiro atoms. The van der Waals surface area contributed by atoms with Crippen LogP contribution in [0.4, 0.5) is 0 Å². The van der Waals surface area contributed by atoms with Gasteiger partial charge in [-0.25, -0.2) is 0 Å². The number of carbonyl (C=O) groups excluding carboxylic acids is 1. The molecule has 0 aromatic heterocycles. The lowest BCUT2D eigenvalue weighted by Crippen LogP contribution is -2.12. The molecule has 0 bridgehead atoms. The first-order valence-electron chi connectivity index (χ1n) is 4.49. The molecule has 1 atom stereocenters. The fourth-order valence-corrected chi connectivity index (χ4v) is 1.69. The number of hydrogen-bond acceptors (Lipinski definition) is 2. The molecule has 0 saturated carbocycles. The molecule has 1 aromatic carbocycles. The Kier molecular flexibility index (Phi) is 4.17. The van der Waals surface area contributed by atoms with Crippen LogP contribution in [0.1, 0.15) is 22.8 Å². The van der Waals surface area contributed by atoms with Gasteiger partial charge in [0.2, 0.25) is 0 Å². The third kappa shape index (κ3) is 2.73. The van der Waals surface area contributed by atoms with E-state index in [4.69, 9.17) is 16.3 Å². The van der Waals surface area contributed by atoms with Crippen molar-refractivity contribution in [3.05, 3.63) is 27.7 Å². The van der Waals surface area contributed by atoms with Crippen molar-refractivity contribution >= 4 is 33.3 Å². The van der Waals surface area contributed by atoms with Crippen molar-refractivity contribution in [2.24, 2.45) is 0 Å². The van der Waals surface area contributed by atoms with Crippen LogP contribution in [0.15, 0.2) is 16.6 Å². The second-order valence-electron chi connectivity index (χ2n) is 3.28. The van der Waals surface area contributed by atoms with Gasteiger partial charge in [0.25, 0.3) is 0 Å². The Bertz CT molecular complexity index is 388. The lowest BCUT2D eigenvalue weighted by molar-refractivity contribution is 0.0989. The highest BCUT2D eigenvalue weighted by Crippen LogP contribution is 2.28. The number of aryl methyl sites for hydroxylation is 1. The molecule has 15 heavy (non-hydrogen) atoms. The molecule has 0 aliphatic carbocycles. The van der Waals surface area contributed by atoms with Crippen LogP contribution in [0.3, 0.4) is 0 Å². The third-order valence-corrected chi connectivity index (χ3v) is 3.16. The van der Waals surface area contributed by atoms with Crippen LogP contribution >= 0.6 is 27.5 Å². The number of carbonyl (C=O) groups is 1. The molecule has 0 aliphatic heterocycles. The zero-order valence-corrected chi connectivity index (χ0v) is 11.1. The minimum atomic E-state index is -0.548. The van der Waals surface area contributed by atoms with Crippen LogP contribution < -0.4 is 4.74 Å². The number of hydrogen-bond donors (Lipinski definition) is 0. The van der Waals surface area contributed by atoms with Crippen molar-refractivity contribution in [2.75, 3.05) is 7.11 Å². The van der Waals surface area contributed by atoms with E-state index < -0.39 is 5.38 Å². The fraction of sp³-hybridized carbons (Fsp3) is 0.364. The van der Waals surface area contributed by atoms with Crippen LogP contribution in [-0.2, 0) is 0 Å². The van der Waals surface area contributed by atoms with E-state index in [0.717, 1.165) is 10.0 Å². The van der Waals surface area contributed by atoms with Crippen LogP contribution in [0.5, 0.6) is 5.75 Å². The average molecular weight is 292 g/mol. The molecule has 1 rings (SSSR count). The van der Waals surface area contributed by atoms with E-state index in [1.54, 1.807) is 20.1 Å². The minimum Gasteiger partial charge on any atom is -0.496 e. The Labute approximate surface area is 103 Å². The first kappa shape index (κ1) is 12.5. The van der Waals surface area contributed by atoms with Crippen LogP contribution in [0.2, 0.25) is 0 Å². The fourth-order valence-electron chi connectivity index (χ4n) is 1.23. The van der Waals surface area contributed by atoms with E-state index in [-0.39, 0.29) is 5.78 Å². The number of methoxy groups -OCH3 is 1. The zero-order valence-electron chi connectivity index (χ0n) is 8.80. The molecular weight excluding hydrogens is 279 g/mol. The third-order valence-electron chi connectivity index (χ3n) is 2.11. The highest BCUT2D eigenvalue weighted by atomic mass is 79.9. The molecule has 0 N–H and O–H groups in total. The molecule has 0 heterocycles. The van der Waals surface area contributed by atoms with Crippen molar-refractivity contribution in [2.45, 2.75) is 19.2 Å². The van der Waals surface area contributed by atoms with Crippen molar-refractivity contribution in [3.63, 3.8) is 0 Å². The predicted molar refractivity (Wildman–Crippen MR) is 65.1 cm³/mol. The number of alkyl halides is 1. The highest BCUT2D eigenvalue weighted by molar-refractivity contribution is 9.10. The standard InChI is InChI=1S/C11H12BrClO2/c1-6-4-10(15-3)8(5-9(6)12)11(14)7(2)13/h4-5,7H,1-3H3. The molecule has 0 fully saturated rings. The van der Waals surface area contributed by atoms with Crippen molar-refractivity contribution in [1.29, 1.82) is 0 Å². The summed E-state index contributed by atoms with van der Waals surface area (Å²) in [7, 11) is 1.54. The zero-order chi connectivity index (χ0) is 11.6. The van der Waals surface area contributed by atoms with Crippen molar-refractivity contribution in [1.82, 2.24) is 0 Å². The molecule has 0 saturated heterocycles. The van der Waals surface area contributed by atoms with Gasteiger partial charge in [-0.05, 0) is 31.5 Å². The second-order valence-corrected chi connectivity index (χ2v) is 4.79. The number of ether oxygens (including phenoxy) is 1. The first-order valence-corrected chi connectivity index (χ1v) is 5.72. The van der Waals surface area contributed by atoms with Crippen LogP contribution in [0.25, 0.3) is 0 Å². The maximum absolute atomic E-state index is 11.8. The summed E-state index contributed by atoms with van der Waals surface area (Å²) in [5.74, 6) is 0.433. The quantitative estimate of drug-likeness (QED) is 0.628. The SMILES string of the molecule is COc1cc(C)c(Br)cc1C(=O)C(C)Cl. The normalized spacial score (nSPS) is 12.3. The summed E-state index contributed by atoms with van der Waals surface area (Å²) in [5, 5.41) is -0.548. The van der Waals surface area contributed by atoms with Gasteiger partial charge in [0.15, 0.2) is 5.78 Å². The molecule has 0 radical (unpaired) electrons. The van der Waals surface area contributed by atoms with Crippen LogP contribution in [0, 0.1) is 6.92 Å². The summed E-state index contributed by atoms with van der Waals surface area (Å²) < 4.78 is 6.03. The molecular formula is C11H12BrClO2. The van der Waals surface area contributed by atoms with Gasteiger partial charge in [0, 0.05) is 4.47 Å². The van der Waals surface area contributed by atoms with E-state index in [1.165, 1.54) is 0 Å². The largest absolute Gasteiger partial charge is 0.496 e. The average Bonchev–Trinajstić information content (AvgIpc) is 2.20. The molecule has 1 unspecified atom stereocenters. The molecule has 2 nitrogen and oxygen atoms in total. The first-order chi connectivity index (χ1) is 6.97. The summed E-state index contributed by atoms with van der Waals surface area (Å²) in [5.41, 5.74) is 1.53. The number of ketones is 1. The Balaban J connectivity index is 3.27. The summed E-state index contributed by atoms with van der Waals surface area (Å²) in [6.07, 6.45) is 0. The monoisotopic (exact) mass is 290 g/mol. The van der Waals surface area contributed by atoms with Crippen molar-refractivity contribution < 1.29 is 9.53 Å². The Morgan fingerprint density at radius 1 is 1.53 bits per heavy atom. The van der Waals surface area contributed by atoms with Gasteiger partial charge in [0.05, 0.1) is 18.1 Å². The van der Waals surface area contributed by atoms with Gasteiger partial charge >= 0.3 is 0 Å². The summed E-state index contributed by atoms with van der Waals surface area (Å²) in [6.45, 7) is 3.59. The molecule has 82 valence electrons. The van der Waals surface area contributed by atoms with Gasteiger partial charge in [-0.15, -0.1) is 11.6 Å². The Morgan fingerprint density at radius 3 is 2.60 bits per heavy atom. The summed E-state index contributed by atoms with van der Waals surface area (Å²) >= 11 is 9.14. The number of halogens is 2. The molecule has 0 aliphatic rings. The number of Topliss-reactive ketones (excluding diaryl/α,β-unsaturated/α-hetero) is 1. The van der Waals surface area contributed by atoms with Gasteiger partial charge in [-0.3, -0.25) is 4.79 Å². The van der Waals surface area contributed by atoms with E-state index >= 15 is 0 Å². The van der Waals surface area contributed by atoms with E-state index in [1.807, 2.05) is 13.0 Å². The smallest absolute Gasteiger partial charge is 0.184 e. The second kappa shape index (κ2) is 4.99. The van der Waals surface area contributed by atoms with E-state index in [2.05, 4.69) is 15.9 Å². The number of rotatable bonds is 3. The topological polar surface area (TPSA) is 26.3 Å². The highest BCUT2D eigenvalue weighted by Gasteiger charge is 2.18. The van der Waals surface area contributed by atoms with E-state index in [0.29, 0.717) is 11.3 Å². The number of benzene rings is 1. The Morgan fingerprint density at radius 2 is 2.13 bits per heavy atom. The molecule has 4 heteroatoms.